The van der Waals surface area contributed by atoms with Gasteiger partial charge in [0.2, 0.25) is 0 Å². The predicted octanol–water partition coefficient (Wildman–Crippen LogP) is 1.36. The Morgan fingerprint density at radius 2 is 2.12 bits per heavy atom. The molecule has 0 aliphatic carbocycles. The molecule has 1 fully saturated rings. The molecule has 2 heterocycles. The largest absolute Gasteiger partial charge is 0.508 e. The van der Waals surface area contributed by atoms with Crippen molar-refractivity contribution in [3.8, 4) is 17.0 Å². The molecule has 1 aromatic carbocycles. The molecule has 1 atom stereocenters. The standard InChI is InChI=1S/C18H24N4O3/c23-12-14-3-1-2-9-22(14)10-8-19-18(25)17-11-16(20-21-17)13-4-6-15(24)7-5-13/h4-7,11,14,23-24H,1-3,8-10,12H2,(H,19,25)(H,20,21). The lowest BCUT2D eigenvalue weighted by Gasteiger charge is -2.34. The number of aromatic nitrogens is 2. The van der Waals surface area contributed by atoms with E-state index in [2.05, 4.69) is 20.4 Å². The quantitative estimate of drug-likeness (QED) is 0.634. The van der Waals surface area contributed by atoms with Crippen LogP contribution in [0.2, 0.25) is 0 Å². The zero-order valence-corrected chi connectivity index (χ0v) is 14.1. The average Bonchev–Trinajstić information content (AvgIpc) is 3.13. The van der Waals surface area contributed by atoms with E-state index in [0.717, 1.165) is 37.9 Å². The second kappa shape index (κ2) is 8.13. The van der Waals surface area contributed by atoms with Gasteiger partial charge >= 0.3 is 0 Å². The highest BCUT2D eigenvalue weighted by Crippen LogP contribution is 2.20. The minimum atomic E-state index is -0.199. The lowest BCUT2D eigenvalue weighted by Crippen LogP contribution is -2.45. The zero-order chi connectivity index (χ0) is 17.6. The van der Waals surface area contributed by atoms with Crippen LogP contribution in [-0.4, -0.2) is 63.5 Å². The van der Waals surface area contributed by atoms with Gasteiger partial charge < -0.3 is 15.5 Å². The molecule has 7 heteroatoms. The third kappa shape index (κ3) is 4.37. The van der Waals surface area contributed by atoms with Crippen molar-refractivity contribution in [3.63, 3.8) is 0 Å². The van der Waals surface area contributed by atoms with Crippen LogP contribution in [0.5, 0.6) is 5.75 Å². The van der Waals surface area contributed by atoms with Crippen LogP contribution in [0.4, 0.5) is 0 Å². The lowest BCUT2D eigenvalue weighted by atomic mass is 10.0. The first-order valence-electron chi connectivity index (χ1n) is 8.65. The minimum Gasteiger partial charge on any atom is -0.508 e. The summed E-state index contributed by atoms with van der Waals surface area (Å²) in [4.78, 5) is 14.5. The van der Waals surface area contributed by atoms with Crippen LogP contribution in [0.3, 0.4) is 0 Å². The van der Waals surface area contributed by atoms with Crippen molar-refractivity contribution >= 4 is 5.91 Å². The number of aromatic hydroxyl groups is 1. The Hall–Kier alpha value is -2.38. The van der Waals surface area contributed by atoms with Crippen molar-refractivity contribution in [1.82, 2.24) is 20.4 Å². The summed E-state index contributed by atoms with van der Waals surface area (Å²) in [5.41, 5.74) is 1.88. The van der Waals surface area contributed by atoms with Crippen LogP contribution in [0.25, 0.3) is 11.3 Å². The minimum absolute atomic E-state index is 0.171. The van der Waals surface area contributed by atoms with E-state index in [0.29, 0.717) is 17.9 Å². The number of nitrogens with zero attached hydrogens (tertiary/aromatic N) is 2. The average molecular weight is 344 g/mol. The normalized spacial score (nSPS) is 18.2. The number of aliphatic hydroxyl groups excluding tert-OH is 1. The van der Waals surface area contributed by atoms with Crippen molar-refractivity contribution < 1.29 is 15.0 Å². The fraction of sp³-hybridized carbons (Fsp3) is 0.444. The number of aromatic amines is 1. The third-order valence-electron chi connectivity index (χ3n) is 4.63. The number of nitrogens with one attached hydrogen (secondary N) is 2. The van der Waals surface area contributed by atoms with Gasteiger partial charge in [-0.1, -0.05) is 6.42 Å². The smallest absolute Gasteiger partial charge is 0.269 e. The van der Waals surface area contributed by atoms with Gasteiger partial charge in [0, 0.05) is 24.7 Å². The first-order valence-corrected chi connectivity index (χ1v) is 8.65. The van der Waals surface area contributed by atoms with E-state index in [1.54, 1.807) is 30.3 Å². The molecule has 1 aliphatic heterocycles. The van der Waals surface area contributed by atoms with Gasteiger partial charge in [0.05, 0.1) is 12.3 Å². The first-order chi connectivity index (χ1) is 12.2. The summed E-state index contributed by atoms with van der Waals surface area (Å²) in [6, 6.07) is 8.56. The number of aliphatic hydroxyl groups is 1. The van der Waals surface area contributed by atoms with Gasteiger partial charge in [-0.05, 0) is 49.7 Å². The Kier molecular flexibility index (Phi) is 5.67. The monoisotopic (exact) mass is 344 g/mol. The topological polar surface area (TPSA) is 101 Å². The highest BCUT2D eigenvalue weighted by molar-refractivity contribution is 5.93. The number of likely N-dealkylation sites (tertiary alicyclic amines) is 1. The summed E-state index contributed by atoms with van der Waals surface area (Å²) < 4.78 is 0. The molecule has 1 aromatic heterocycles. The fourth-order valence-corrected chi connectivity index (χ4v) is 3.19. The van der Waals surface area contributed by atoms with Crippen LogP contribution in [0.15, 0.2) is 30.3 Å². The van der Waals surface area contributed by atoms with Crippen molar-refractivity contribution in [3.05, 3.63) is 36.0 Å². The summed E-state index contributed by atoms with van der Waals surface area (Å²) in [6.07, 6.45) is 3.31. The number of phenols is 1. The number of amides is 1. The van der Waals surface area contributed by atoms with Crippen molar-refractivity contribution in [2.24, 2.45) is 0 Å². The first kappa shape index (κ1) is 17.4. The van der Waals surface area contributed by atoms with Crippen LogP contribution < -0.4 is 5.32 Å². The van der Waals surface area contributed by atoms with Crippen LogP contribution in [0, 0.1) is 0 Å². The van der Waals surface area contributed by atoms with Crippen molar-refractivity contribution in [1.29, 1.82) is 0 Å². The van der Waals surface area contributed by atoms with E-state index < -0.39 is 0 Å². The maximum atomic E-state index is 12.2. The number of phenolic OH excluding ortho intramolecular Hbond substituents is 1. The number of hydrogen-bond donors (Lipinski definition) is 4. The van der Waals surface area contributed by atoms with Gasteiger partial charge in [-0.25, -0.2) is 0 Å². The van der Waals surface area contributed by atoms with Crippen molar-refractivity contribution in [2.45, 2.75) is 25.3 Å². The molecule has 0 radical (unpaired) electrons. The molecule has 7 nitrogen and oxygen atoms in total. The maximum absolute atomic E-state index is 12.2. The molecule has 3 rings (SSSR count). The predicted molar refractivity (Wildman–Crippen MR) is 94.3 cm³/mol. The molecule has 134 valence electrons. The number of benzene rings is 1. The Bertz CT molecular complexity index is 699. The highest BCUT2D eigenvalue weighted by Gasteiger charge is 2.21. The zero-order valence-electron chi connectivity index (χ0n) is 14.1. The van der Waals surface area contributed by atoms with E-state index >= 15 is 0 Å². The molecule has 0 bridgehead atoms. The summed E-state index contributed by atoms with van der Waals surface area (Å²) in [5.74, 6) is -0.00812. The van der Waals surface area contributed by atoms with Crippen LogP contribution >= 0.6 is 0 Å². The van der Waals surface area contributed by atoms with E-state index in [1.807, 2.05) is 0 Å². The number of carbonyl (C=O) groups excluding carboxylic acids is 1. The van der Waals surface area contributed by atoms with Gasteiger partial charge in [0.25, 0.3) is 5.91 Å². The number of rotatable bonds is 6. The van der Waals surface area contributed by atoms with Crippen molar-refractivity contribution in [2.75, 3.05) is 26.2 Å². The number of piperidine rings is 1. The molecule has 1 aliphatic rings. The van der Waals surface area contributed by atoms with Gasteiger partial charge in [-0.15, -0.1) is 0 Å². The molecule has 2 aromatic rings. The van der Waals surface area contributed by atoms with E-state index in [1.165, 1.54) is 0 Å². The molecular weight excluding hydrogens is 320 g/mol. The lowest BCUT2D eigenvalue weighted by molar-refractivity contribution is 0.0847. The van der Waals surface area contributed by atoms with Gasteiger partial charge in [0.1, 0.15) is 11.4 Å². The summed E-state index contributed by atoms with van der Waals surface area (Å²) in [5, 5.41) is 28.5. The molecular formula is C18H24N4O3. The van der Waals surface area contributed by atoms with E-state index in [-0.39, 0.29) is 24.3 Å². The molecule has 1 unspecified atom stereocenters. The fourth-order valence-electron chi connectivity index (χ4n) is 3.19. The number of carbonyl (C=O) groups is 1. The second-order valence-electron chi connectivity index (χ2n) is 6.34. The van der Waals surface area contributed by atoms with E-state index in [4.69, 9.17) is 0 Å². The second-order valence-corrected chi connectivity index (χ2v) is 6.34. The van der Waals surface area contributed by atoms with Crippen LogP contribution in [-0.2, 0) is 0 Å². The summed E-state index contributed by atoms with van der Waals surface area (Å²) >= 11 is 0. The molecule has 25 heavy (non-hydrogen) atoms. The number of H-pyrrole nitrogens is 1. The summed E-state index contributed by atoms with van der Waals surface area (Å²) in [6.45, 7) is 2.40. The Labute approximate surface area is 146 Å². The van der Waals surface area contributed by atoms with Gasteiger partial charge in [-0.3, -0.25) is 14.8 Å². The Morgan fingerprint density at radius 1 is 1.32 bits per heavy atom. The SMILES string of the molecule is O=C(NCCN1CCCCC1CO)c1cc(-c2ccc(O)cc2)n[nH]1. The molecule has 1 saturated heterocycles. The summed E-state index contributed by atoms with van der Waals surface area (Å²) in [7, 11) is 0. The van der Waals surface area contributed by atoms with Gasteiger partial charge in [0.15, 0.2) is 0 Å². The number of hydrogen-bond acceptors (Lipinski definition) is 5. The molecule has 1 amide bonds. The Morgan fingerprint density at radius 3 is 2.88 bits per heavy atom. The Balaban J connectivity index is 1.52. The molecule has 0 saturated carbocycles. The van der Waals surface area contributed by atoms with Gasteiger partial charge in [-0.2, -0.15) is 5.10 Å². The molecule has 0 spiro atoms. The molecule has 4 N–H and O–H groups in total. The third-order valence-corrected chi connectivity index (χ3v) is 4.63. The van der Waals surface area contributed by atoms with E-state index in [9.17, 15) is 15.0 Å². The maximum Gasteiger partial charge on any atom is 0.269 e. The van der Waals surface area contributed by atoms with Crippen LogP contribution in [0.1, 0.15) is 29.8 Å². The highest BCUT2D eigenvalue weighted by atomic mass is 16.3.